The number of rotatable bonds is 15. The largest absolute Gasteiger partial charge is 0.493 e. The molecule has 0 fully saturated rings. The third-order valence-corrected chi connectivity index (χ3v) is 7.34. The predicted molar refractivity (Wildman–Crippen MR) is 151 cm³/mol. The highest BCUT2D eigenvalue weighted by Crippen LogP contribution is 2.39. The molecule has 2 aliphatic heterocycles. The lowest BCUT2D eigenvalue weighted by atomic mass is 10.1. The van der Waals surface area contributed by atoms with E-state index < -0.39 is 11.8 Å². The second kappa shape index (κ2) is 14.7. The maximum absolute atomic E-state index is 15.5. The maximum atomic E-state index is 15.5. The number of carbonyl (C=O) groups is 4. The summed E-state index contributed by atoms with van der Waals surface area (Å²) in [6, 6.07) is 5.38. The summed E-state index contributed by atoms with van der Waals surface area (Å²) >= 11 is 0. The monoisotopic (exact) mass is 600 g/mol. The number of fused-ring (bicyclic) bond motifs is 2. The van der Waals surface area contributed by atoms with Crippen molar-refractivity contribution < 1.29 is 47.3 Å². The van der Waals surface area contributed by atoms with Gasteiger partial charge in [0, 0.05) is 57.4 Å². The van der Waals surface area contributed by atoms with Crippen molar-refractivity contribution in [1.82, 2.24) is 9.80 Å². The molecule has 0 atom stereocenters. The summed E-state index contributed by atoms with van der Waals surface area (Å²) in [5.74, 6) is -0.108. The average molecular weight is 601 g/mol. The summed E-state index contributed by atoms with van der Waals surface area (Å²) in [7, 11) is 2.96. The number of amides is 2. The molecule has 2 amide bonds. The molecular weight excluding hydrogens is 563 g/mol. The number of methoxy groups -OCH3 is 2. The molecule has 11 nitrogen and oxygen atoms in total. The molecule has 43 heavy (non-hydrogen) atoms. The number of carbonyl (C=O) groups excluding carboxylic acids is 4. The van der Waals surface area contributed by atoms with E-state index >= 15 is 4.39 Å². The van der Waals surface area contributed by atoms with Gasteiger partial charge in [-0.2, -0.15) is 0 Å². The van der Waals surface area contributed by atoms with E-state index in [4.69, 9.17) is 23.7 Å². The summed E-state index contributed by atoms with van der Waals surface area (Å²) in [4.78, 5) is 50.4. The quantitative estimate of drug-likeness (QED) is 0.171. The SMILES string of the molecule is CCOC(=O)CCC(=O)N1Cc2cc(OC)c(OCCCOc3cc4c(cc3OC)CN(C(=O)CCC=O)C4)c(F)c2C1. The number of esters is 1. The van der Waals surface area contributed by atoms with Gasteiger partial charge in [0.05, 0.1) is 40.5 Å². The number of benzene rings is 2. The normalized spacial score (nSPS) is 13.3. The van der Waals surface area contributed by atoms with Crippen molar-refractivity contribution in [1.29, 1.82) is 0 Å². The van der Waals surface area contributed by atoms with Crippen molar-refractivity contribution in [3.63, 3.8) is 0 Å². The average Bonchev–Trinajstić information content (AvgIpc) is 3.63. The van der Waals surface area contributed by atoms with E-state index in [1.54, 1.807) is 17.9 Å². The Kier molecular flexibility index (Phi) is 10.8. The van der Waals surface area contributed by atoms with Crippen LogP contribution >= 0.6 is 0 Å². The molecule has 0 saturated heterocycles. The number of hydrogen-bond acceptors (Lipinski definition) is 9. The lowest BCUT2D eigenvalue weighted by Gasteiger charge is -2.15. The molecule has 0 saturated carbocycles. The Morgan fingerprint density at radius 1 is 0.814 bits per heavy atom. The number of hydrogen-bond donors (Lipinski definition) is 0. The highest BCUT2D eigenvalue weighted by atomic mass is 19.1. The molecule has 2 heterocycles. The molecular formula is C31H37FN2O9. The second-order valence-corrected chi connectivity index (χ2v) is 10.2. The molecule has 0 bridgehead atoms. The van der Waals surface area contributed by atoms with Crippen molar-refractivity contribution in [2.24, 2.45) is 0 Å². The zero-order valence-electron chi connectivity index (χ0n) is 24.7. The van der Waals surface area contributed by atoms with Gasteiger partial charge in [0.1, 0.15) is 6.29 Å². The topological polar surface area (TPSA) is 121 Å². The third kappa shape index (κ3) is 7.54. The van der Waals surface area contributed by atoms with E-state index in [0.29, 0.717) is 42.1 Å². The molecule has 232 valence electrons. The molecule has 4 rings (SSSR count). The molecule has 0 N–H and O–H groups in total. The van der Waals surface area contributed by atoms with Crippen molar-refractivity contribution in [3.05, 3.63) is 46.3 Å². The predicted octanol–water partition coefficient (Wildman–Crippen LogP) is 3.70. The molecule has 2 aromatic rings. The van der Waals surface area contributed by atoms with E-state index in [0.717, 1.165) is 17.4 Å². The first kappa shape index (κ1) is 31.6. The van der Waals surface area contributed by atoms with E-state index in [2.05, 4.69) is 0 Å². The summed E-state index contributed by atoms with van der Waals surface area (Å²) in [5.41, 5.74) is 2.90. The fourth-order valence-electron chi connectivity index (χ4n) is 5.13. The van der Waals surface area contributed by atoms with Crippen molar-refractivity contribution in [3.8, 4) is 23.0 Å². The van der Waals surface area contributed by atoms with E-state index in [9.17, 15) is 19.2 Å². The van der Waals surface area contributed by atoms with Gasteiger partial charge in [-0.15, -0.1) is 0 Å². The Morgan fingerprint density at radius 3 is 2.09 bits per heavy atom. The maximum Gasteiger partial charge on any atom is 0.306 e. The van der Waals surface area contributed by atoms with Gasteiger partial charge in [-0.3, -0.25) is 14.4 Å². The van der Waals surface area contributed by atoms with Crippen LogP contribution in [0.2, 0.25) is 0 Å². The highest BCUT2D eigenvalue weighted by molar-refractivity contribution is 5.82. The molecule has 0 unspecified atom stereocenters. The first-order chi connectivity index (χ1) is 20.8. The Bertz CT molecular complexity index is 1360. The van der Waals surface area contributed by atoms with Crippen LogP contribution in [0.15, 0.2) is 18.2 Å². The van der Waals surface area contributed by atoms with E-state index in [1.807, 2.05) is 12.1 Å². The van der Waals surface area contributed by atoms with Crippen molar-refractivity contribution in [2.45, 2.75) is 65.2 Å². The number of halogens is 1. The van der Waals surface area contributed by atoms with Crippen LogP contribution in [0.1, 0.15) is 61.3 Å². The zero-order chi connectivity index (χ0) is 30.9. The fourth-order valence-corrected chi connectivity index (χ4v) is 5.13. The van der Waals surface area contributed by atoms with Gasteiger partial charge >= 0.3 is 5.97 Å². The van der Waals surface area contributed by atoms with Crippen molar-refractivity contribution >= 4 is 24.1 Å². The smallest absolute Gasteiger partial charge is 0.306 e. The summed E-state index contributed by atoms with van der Waals surface area (Å²) in [5, 5.41) is 0. The van der Waals surface area contributed by atoms with Gasteiger partial charge in [0.15, 0.2) is 28.8 Å². The number of nitrogens with zero attached hydrogens (tertiary/aromatic N) is 2. The van der Waals surface area contributed by atoms with Gasteiger partial charge in [-0.25, -0.2) is 4.39 Å². The number of aldehydes is 1. The standard InChI is InChI=1S/C31H37FN2O9/c1-4-41-29(38)9-8-28(37)34-18-22-15-26(40-3)31(30(32)23(22)19-34)43-12-6-11-42-25-14-21-17-33(27(36)7-5-10-35)16-20(21)13-24(25)39-2/h10,13-15H,4-9,11-12,16-19H2,1-3H3. The van der Waals surface area contributed by atoms with E-state index in [-0.39, 0.29) is 81.9 Å². The highest BCUT2D eigenvalue weighted by Gasteiger charge is 2.30. The molecule has 0 aliphatic carbocycles. The molecule has 0 radical (unpaired) electrons. The first-order valence-corrected chi connectivity index (χ1v) is 14.3. The molecule has 2 aromatic carbocycles. The number of ether oxygens (including phenoxy) is 5. The van der Waals surface area contributed by atoms with Crippen LogP contribution in [0.4, 0.5) is 4.39 Å². The fraction of sp³-hybridized carbons (Fsp3) is 0.484. The van der Waals surface area contributed by atoms with Gasteiger partial charge in [-0.05, 0) is 41.8 Å². The van der Waals surface area contributed by atoms with E-state index in [1.165, 1.54) is 19.1 Å². The van der Waals surface area contributed by atoms with Gasteiger partial charge in [0.2, 0.25) is 11.8 Å². The van der Waals surface area contributed by atoms with Crippen LogP contribution in [0.5, 0.6) is 23.0 Å². The van der Waals surface area contributed by atoms with Crippen LogP contribution in [-0.4, -0.2) is 67.9 Å². The van der Waals surface area contributed by atoms with Gasteiger partial charge < -0.3 is 38.3 Å². The van der Waals surface area contributed by atoms with Gasteiger partial charge in [-0.1, -0.05) is 0 Å². The Labute approximate surface area is 249 Å². The van der Waals surface area contributed by atoms with Crippen LogP contribution in [0.3, 0.4) is 0 Å². The summed E-state index contributed by atoms with van der Waals surface area (Å²) in [6.45, 7) is 3.51. The van der Waals surface area contributed by atoms with Crippen LogP contribution in [-0.2, 0) is 50.1 Å². The zero-order valence-corrected chi connectivity index (χ0v) is 24.7. The minimum absolute atomic E-state index is 0.0122. The Hall–Kier alpha value is -4.35. The Balaban J connectivity index is 1.31. The second-order valence-electron chi connectivity index (χ2n) is 10.2. The van der Waals surface area contributed by atoms with Crippen LogP contribution < -0.4 is 18.9 Å². The van der Waals surface area contributed by atoms with Crippen LogP contribution in [0.25, 0.3) is 0 Å². The van der Waals surface area contributed by atoms with Crippen molar-refractivity contribution in [2.75, 3.05) is 34.0 Å². The Morgan fingerprint density at radius 2 is 1.42 bits per heavy atom. The van der Waals surface area contributed by atoms with Crippen LogP contribution in [0, 0.1) is 5.82 Å². The minimum atomic E-state index is -0.580. The minimum Gasteiger partial charge on any atom is -0.493 e. The lowest BCUT2D eigenvalue weighted by Crippen LogP contribution is -2.26. The lowest BCUT2D eigenvalue weighted by molar-refractivity contribution is -0.145. The third-order valence-electron chi connectivity index (χ3n) is 7.34. The molecule has 0 aromatic heterocycles. The molecule has 0 spiro atoms. The van der Waals surface area contributed by atoms with Gasteiger partial charge in [0.25, 0.3) is 0 Å². The molecule has 12 heteroatoms. The molecule has 2 aliphatic rings. The summed E-state index contributed by atoms with van der Waals surface area (Å²) < 4.78 is 43.0. The summed E-state index contributed by atoms with van der Waals surface area (Å²) in [6.07, 6.45) is 1.50. The first-order valence-electron chi connectivity index (χ1n) is 14.3.